The highest BCUT2D eigenvalue weighted by Gasteiger charge is 2.26. The zero-order valence-electron chi connectivity index (χ0n) is 15.2. The molecule has 0 saturated heterocycles. The second kappa shape index (κ2) is 6.29. The molecule has 8 heteroatoms. The van der Waals surface area contributed by atoms with Crippen LogP contribution < -0.4 is 0 Å². The summed E-state index contributed by atoms with van der Waals surface area (Å²) in [5.74, 6) is 0. The fraction of sp³-hybridized carbons (Fsp3) is 0.200. The molecule has 142 valence electrons. The Morgan fingerprint density at radius 3 is 2.89 bits per heavy atom. The van der Waals surface area contributed by atoms with Gasteiger partial charge in [-0.2, -0.15) is 13.5 Å². The fourth-order valence-electron chi connectivity index (χ4n) is 3.52. The molecule has 0 saturated carbocycles. The van der Waals surface area contributed by atoms with E-state index in [-0.39, 0.29) is 4.90 Å². The minimum Gasteiger partial charge on any atom is -0.464 e. The first kappa shape index (κ1) is 17.2. The summed E-state index contributed by atoms with van der Waals surface area (Å²) >= 11 is 0. The van der Waals surface area contributed by atoms with E-state index in [0.717, 1.165) is 39.9 Å². The van der Waals surface area contributed by atoms with Gasteiger partial charge in [-0.1, -0.05) is 6.08 Å². The van der Waals surface area contributed by atoms with Crippen molar-refractivity contribution in [2.45, 2.75) is 11.3 Å². The summed E-state index contributed by atoms with van der Waals surface area (Å²) in [6, 6.07) is 10.2. The molecule has 0 amide bonds. The SMILES string of the molecule is CN1CC=C(c2nn(S(=O)(=O)c3ccc4occc4c3)c3ncccc23)CC1. The maximum atomic E-state index is 13.4. The minimum absolute atomic E-state index is 0.153. The highest BCUT2D eigenvalue weighted by Crippen LogP contribution is 2.30. The Bertz CT molecular complexity index is 1330. The van der Waals surface area contributed by atoms with Crippen LogP contribution in [0.3, 0.4) is 0 Å². The van der Waals surface area contributed by atoms with Gasteiger partial charge in [-0.3, -0.25) is 0 Å². The van der Waals surface area contributed by atoms with E-state index in [1.807, 2.05) is 6.07 Å². The lowest BCUT2D eigenvalue weighted by atomic mass is 10.0. The van der Waals surface area contributed by atoms with Crippen molar-refractivity contribution in [3.05, 3.63) is 60.6 Å². The van der Waals surface area contributed by atoms with Crippen LogP contribution in [-0.2, 0) is 10.0 Å². The van der Waals surface area contributed by atoms with Crippen LogP contribution in [0.2, 0.25) is 0 Å². The summed E-state index contributed by atoms with van der Waals surface area (Å²) in [6.07, 6.45) is 6.05. The quantitative estimate of drug-likeness (QED) is 0.531. The Morgan fingerprint density at radius 2 is 2.07 bits per heavy atom. The standard InChI is InChI=1S/C20H18N4O3S/c1-23-10-6-14(7-11-23)19-17-3-2-9-21-20(17)24(22-19)28(25,26)16-4-5-18-15(13-16)8-12-27-18/h2-6,8-9,12-13H,7,10-11H2,1H3. The van der Waals surface area contributed by atoms with E-state index in [2.05, 4.69) is 28.1 Å². The Balaban J connectivity index is 1.70. The van der Waals surface area contributed by atoms with Gasteiger partial charge in [0.05, 0.1) is 16.9 Å². The lowest BCUT2D eigenvalue weighted by molar-refractivity contribution is 0.370. The second-order valence-electron chi connectivity index (χ2n) is 6.93. The Hall–Kier alpha value is -2.97. The van der Waals surface area contributed by atoms with E-state index in [4.69, 9.17) is 4.42 Å². The Kier molecular flexibility index (Phi) is 3.85. The van der Waals surface area contributed by atoms with Crippen molar-refractivity contribution in [3.63, 3.8) is 0 Å². The number of likely N-dealkylation sites (N-methyl/N-ethyl adjacent to an activating group) is 1. The summed E-state index contributed by atoms with van der Waals surface area (Å²) in [7, 11) is -1.84. The number of benzene rings is 1. The number of furan rings is 1. The van der Waals surface area contributed by atoms with Crippen molar-refractivity contribution in [3.8, 4) is 0 Å². The molecule has 0 spiro atoms. The van der Waals surface area contributed by atoms with Crippen LogP contribution in [0.4, 0.5) is 0 Å². The zero-order valence-corrected chi connectivity index (χ0v) is 16.1. The van der Waals surface area contributed by atoms with Crippen molar-refractivity contribution < 1.29 is 12.8 Å². The number of aromatic nitrogens is 3. The van der Waals surface area contributed by atoms with Gasteiger partial charge in [0.2, 0.25) is 0 Å². The molecular weight excluding hydrogens is 376 g/mol. The average Bonchev–Trinajstić information content (AvgIpc) is 3.33. The Morgan fingerprint density at radius 1 is 1.18 bits per heavy atom. The summed E-state index contributed by atoms with van der Waals surface area (Å²) in [5.41, 5.74) is 2.71. The zero-order chi connectivity index (χ0) is 19.3. The largest absolute Gasteiger partial charge is 0.464 e. The first-order valence-electron chi connectivity index (χ1n) is 8.98. The summed E-state index contributed by atoms with van der Waals surface area (Å²) in [4.78, 5) is 6.68. The normalized spacial score (nSPS) is 16.0. The predicted molar refractivity (Wildman–Crippen MR) is 106 cm³/mol. The van der Waals surface area contributed by atoms with Crippen LogP contribution in [0.1, 0.15) is 12.1 Å². The molecule has 5 rings (SSSR count). The molecule has 3 aromatic heterocycles. The topological polar surface area (TPSA) is 81.2 Å². The molecule has 28 heavy (non-hydrogen) atoms. The van der Waals surface area contributed by atoms with Crippen LogP contribution in [0.5, 0.6) is 0 Å². The Labute approximate surface area is 161 Å². The number of hydrogen-bond donors (Lipinski definition) is 0. The van der Waals surface area contributed by atoms with Gasteiger partial charge in [0, 0.05) is 30.1 Å². The van der Waals surface area contributed by atoms with Crippen molar-refractivity contribution >= 4 is 37.6 Å². The summed E-state index contributed by atoms with van der Waals surface area (Å²) in [5, 5.41) is 5.98. The van der Waals surface area contributed by atoms with Gasteiger partial charge in [-0.05, 0) is 55.4 Å². The number of fused-ring (bicyclic) bond motifs is 2. The average molecular weight is 394 g/mol. The molecule has 0 aliphatic carbocycles. The van der Waals surface area contributed by atoms with E-state index in [0.29, 0.717) is 16.9 Å². The van der Waals surface area contributed by atoms with Crippen molar-refractivity contribution in [2.24, 2.45) is 0 Å². The first-order valence-corrected chi connectivity index (χ1v) is 10.4. The molecule has 0 radical (unpaired) electrons. The highest BCUT2D eigenvalue weighted by molar-refractivity contribution is 7.90. The van der Waals surface area contributed by atoms with Crippen molar-refractivity contribution in [1.82, 2.24) is 19.1 Å². The van der Waals surface area contributed by atoms with Crippen molar-refractivity contribution in [1.29, 1.82) is 0 Å². The second-order valence-corrected chi connectivity index (χ2v) is 8.70. The van der Waals surface area contributed by atoms with Gasteiger partial charge in [0.25, 0.3) is 10.0 Å². The molecule has 0 fully saturated rings. The van der Waals surface area contributed by atoms with Crippen LogP contribution >= 0.6 is 0 Å². The molecule has 0 bridgehead atoms. The molecule has 0 atom stereocenters. The fourth-order valence-corrected chi connectivity index (χ4v) is 4.80. The molecule has 1 aliphatic heterocycles. The smallest absolute Gasteiger partial charge is 0.284 e. The van der Waals surface area contributed by atoms with Crippen LogP contribution in [-0.4, -0.2) is 47.6 Å². The molecule has 4 heterocycles. The maximum absolute atomic E-state index is 13.4. The van der Waals surface area contributed by atoms with Crippen LogP contribution in [0.15, 0.2) is 64.2 Å². The molecule has 0 N–H and O–H groups in total. The molecular formula is C20H18N4O3S. The third-order valence-electron chi connectivity index (χ3n) is 5.08. The van der Waals surface area contributed by atoms with Gasteiger partial charge in [0.15, 0.2) is 5.65 Å². The lowest BCUT2D eigenvalue weighted by Gasteiger charge is -2.21. The lowest BCUT2D eigenvalue weighted by Crippen LogP contribution is -2.24. The van der Waals surface area contributed by atoms with E-state index in [9.17, 15) is 8.42 Å². The number of rotatable bonds is 3. The van der Waals surface area contributed by atoms with Gasteiger partial charge >= 0.3 is 0 Å². The molecule has 1 aliphatic rings. The minimum atomic E-state index is -3.90. The number of hydrogen-bond acceptors (Lipinski definition) is 6. The van der Waals surface area contributed by atoms with Crippen LogP contribution in [0, 0.1) is 0 Å². The van der Waals surface area contributed by atoms with Crippen LogP contribution in [0.25, 0.3) is 27.6 Å². The molecule has 0 unspecified atom stereocenters. The van der Waals surface area contributed by atoms with Gasteiger partial charge in [0.1, 0.15) is 5.58 Å². The van der Waals surface area contributed by atoms with E-state index < -0.39 is 10.0 Å². The molecule has 7 nitrogen and oxygen atoms in total. The van der Waals surface area contributed by atoms with E-state index >= 15 is 0 Å². The first-order chi connectivity index (χ1) is 13.5. The predicted octanol–water partition coefficient (Wildman–Crippen LogP) is 3.13. The third-order valence-corrected chi connectivity index (χ3v) is 6.64. The molecule has 1 aromatic carbocycles. The van der Waals surface area contributed by atoms with Gasteiger partial charge < -0.3 is 9.32 Å². The van der Waals surface area contributed by atoms with Gasteiger partial charge in [-0.15, -0.1) is 4.09 Å². The third kappa shape index (κ3) is 2.64. The number of nitrogens with zero attached hydrogens (tertiary/aromatic N) is 4. The number of pyridine rings is 1. The van der Waals surface area contributed by atoms with Crippen molar-refractivity contribution in [2.75, 3.05) is 20.1 Å². The van der Waals surface area contributed by atoms with Gasteiger partial charge in [-0.25, -0.2) is 4.98 Å². The summed E-state index contributed by atoms with van der Waals surface area (Å²) in [6.45, 7) is 1.72. The van der Waals surface area contributed by atoms with E-state index in [1.165, 1.54) is 12.3 Å². The maximum Gasteiger partial charge on any atom is 0.284 e. The van der Waals surface area contributed by atoms with E-state index in [1.54, 1.807) is 30.5 Å². The molecule has 4 aromatic rings. The monoisotopic (exact) mass is 394 g/mol. The summed E-state index contributed by atoms with van der Waals surface area (Å²) < 4.78 is 33.1. The highest BCUT2D eigenvalue weighted by atomic mass is 32.2.